The molecule has 0 aromatic carbocycles. The molecule has 0 bridgehead atoms. The van der Waals surface area contributed by atoms with Crippen LogP contribution in [0.25, 0.3) is 0 Å². The summed E-state index contributed by atoms with van der Waals surface area (Å²) < 4.78 is 0. The quantitative estimate of drug-likeness (QED) is 0.462. The number of allylic oxidation sites excluding steroid dienone is 1. The number of aromatic nitrogens is 2. The van der Waals surface area contributed by atoms with Gasteiger partial charge in [-0.25, -0.2) is 15.0 Å². The van der Waals surface area contributed by atoms with Gasteiger partial charge in [-0.15, -0.1) is 0 Å². The van der Waals surface area contributed by atoms with Crippen LogP contribution in [-0.4, -0.2) is 47.8 Å². The van der Waals surface area contributed by atoms with Gasteiger partial charge in [0.15, 0.2) is 5.13 Å². The number of nitrogens with one attached hydrogen (secondary N) is 2. The van der Waals surface area contributed by atoms with Crippen molar-refractivity contribution in [2.45, 2.75) is 57.9 Å². The van der Waals surface area contributed by atoms with Crippen molar-refractivity contribution in [1.82, 2.24) is 9.97 Å². The highest BCUT2D eigenvalue weighted by Gasteiger charge is 2.18. The molecule has 1 aliphatic carbocycles. The summed E-state index contributed by atoms with van der Waals surface area (Å²) in [7, 11) is 1.72. The third kappa shape index (κ3) is 5.54. The molecular formula is C24H33N7S. The van der Waals surface area contributed by atoms with Crippen molar-refractivity contribution in [3.63, 3.8) is 0 Å². The van der Waals surface area contributed by atoms with Crippen molar-refractivity contribution in [3.8, 4) is 0 Å². The first-order valence-electron chi connectivity index (χ1n) is 11.6. The van der Waals surface area contributed by atoms with Crippen molar-refractivity contribution in [3.05, 3.63) is 41.6 Å². The van der Waals surface area contributed by atoms with Gasteiger partial charge < -0.3 is 15.5 Å². The molecule has 0 atom stereocenters. The Morgan fingerprint density at radius 1 is 1.19 bits per heavy atom. The van der Waals surface area contributed by atoms with Gasteiger partial charge in [0.05, 0.1) is 28.2 Å². The summed E-state index contributed by atoms with van der Waals surface area (Å²) in [6.45, 7) is 8.20. The lowest BCUT2D eigenvalue weighted by atomic mass is 10.1. The Labute approximate surface area is 194 Å². The highest BCUT2D eigenvalue weighted by Crippen LogP contribution is 2.28. The largest absolute Gasteiger partial charge is 0.370 e. The number of thiazole rings is 1. The SMILES string of the molecule is C=CC(=NC(=NC)Nc1ccc(N2CCCCC2)cn1)c1sc(NC2CCCC2)nc1C. The number of nitrogens with zero attached hydrogens (tertiary/aromatic N) is 5. The van der Waals surface area contributed by atoms with Gasteiger partial charge in [0, 0.05) is 26.2 Å². The number of pyridine rings is 1. The summed E-state index contributed by atoms with van der Waals surface area (Å²) >= 11 is 1.63. The summed E-state index contributed by atoms with van der Waals surface area (Å²) in [5.41, 5.74) is 2.88. The minimum absolute atomic E-state index is 0.497. The van der Waals surface area contributed by atoms with Crippen LogP contribution in [0, 0.1) is 6.92 Å². The third-order valence-corrected chi connectivity index (χ3v) is 7.16. The molecule has 4 rings (SSSR count). The molecule has 0 spiro atoms. The molecule has 7 nitrogen and oxygen atoms in total. The first-order chi connectivity index (χ1) is 15.7. The second-order valence-corrected chi connectivity index (χ2v) is 9.38. The molecule has 1 saturated carbocycles. The van der Waals surface area contributed by atoms with Crippen molar-refractivity contribution in [2.75, 3.05) is 35.7 Å². The van der Waals surface area contributed by atoms with E-state index in [1.165, 1.54) is 50.6 Å². The number of hydrogen-bond acceptors (Lipinski definition) is 6. The van der Waals surface area contributed by atoms with E-state index in [-0.39, 0.29) is 0 Å². The van der Waals surface area contributed by atoms with E-state index in [0.29, 0.717) is 12.0 Å². The topological polar surface area (TPSA) is 77.8 Å². The number of hydrogen-bond donors (Lipinski definition) is 2. The Morgan fingerprint density at radius 3 is 2.62 bits per heavy atom. The van der Waals surface area contributed by atoms with Gasteiger partial charge >= 0.3 is 0 Å². The molecule has 1 aliphatic heterocycles. The van der Waals surface area contributed by atoms with E-state index in [1.807, 2.05) is 19.2 Å². The number of guanidine groups is 1. The monoisotopic (exact) mass is 451 g/mol. The average molecular weight is 452 g/mol. The fourth-order valence-corrected chi connectivity index (χ4v) is 5.32. The van der Waals surface area contributed by atoms with Crippen LogP contribution in [0.2, 0.25) is 0 Å². The lowest BCUT2D eigenvalue weighted by molar-refractivity contribution is 0.577. The number of aryl methyl sites for hydroxylation is 1. The molecule has 0 amide bonds. The predicted octanol–water partition coefficient (Wildman–Crippen LogP) is 5.26. The van der Waals surface area contributed by atoms with E-state index in [1.54, 1.807) is 24.5 Å². The fourth-order valence-electron chi connectivity index (χ4n) is 4.29. The molecular weight excluding hydrogens is 418 g/mol. The van der Waals surface area contributed by atoms with Gasteiger partial charge in [0.25, 0.3) is 0 Å². The van der Waals surface area contributed by atoms with Gasteiger partial charge in [-0.05, 0) is 57.2 Å². The number of anilines is 3. The molecule has 0 radical (unpaired) electrons. The van der Waals surface area contributed by atoms with Crippen LogP contribution in [0.4, 0.5) is 16.6 Å². The minimum atomic E-state index is 0.497. The molecule has 8 heteroatoms. The first kappa shape index (κ1) is 22.5. The highest BCUT2D eigenvalue weighted by atomic mass is 32.1. The number of aliphatic imine (C=N–C) groups is 2. The molecule has 2 fully saturated rings. The van der Waals surface area contributed by atoms with E-state index in [2.05, 4.69) is 38.2 Å². The van der Waals surface area contributed by atoms with E-state index < -0.39 is 0 Å². The zero-order valence-corrected chi connectivity index (χ0v) is 19.9. The van der Waals surface area contributed by atoms with E-state index in [0.717, 1.165) is 40.3 Å². The lowest BCUT2D eigenvalue weighted by Crippen LogP contribution is -2.29. The highest BCUT2D eigenvalue weighted by molar-refractivity contribution is 7.17. The number of piperidine rings is 1. The standard InChI is InChI=1S/C24H33N7S/c1-4-20(22-17(2)27-24(32-22)28-18-10-6-7-11-18)29-23(25-3)30-21-13-12-19(16-26-21)31-14-8-5-9-15-31/h4,12-13,16,18H,1,5-11,14-15H2,2-3H3,(H,27,28)(H,25,26,30). The third-order valence-electron chi connectivity index (χ3n) is 6.05. The molecule has 2 aromatic heterocycles. The van der Waals surface area contributed by atoms with E-state index in [9.17, 15) is 0 Å². The second-order valence-electron chi connectivity index (χ2n) is 8.38. The summed E-state index contributed by atoms with van der Waals surface area (Å²) in [6.07, 6.45) is 12.5. The molecule has 2 aliphatic rings. The molecule has 170 valence electrons. The molecule has 1 saturated heterocycles. The normalized spacial score (nSPS) is 18.1. The molecule has 0 unspecified atom stereocenters. The summed E-state index contributed by atoms with van der Waals surface area (Å²) in [5.74, 6) is 1.22. The van der Waals surface area contributed by atoms with Crippen LogP contribution in [-0.2, 0) is 0 Å². The zero-order valence-electron chi connectivity index (χ0n) is 19.1. The van der Waals surface area contributed by atoms with Crippen molar-refractivity contribution < 1.29 is 0 Å². The maximum Gasteiger partial charge on any atom is 0.223 e. The molecule has 3 heterocycles. The van der Waals surface area contributed by atoms with Crippen molar-refractivity contribution >= 4 is 39.6 Å². The van der Waals surface area contributed by atoms with Gasteiger partial charge in [-0.3, -0.25) is 4.99 Å². The Kier molecular flexibility index (Phi) is 7.52. The van der Waals surface area contributed by atoms with Crippen molar-refractivity contribution in [2.24, 2.45) is 9.98 Å². The fraction of sp³-hybridized carbons (Fsp3) is 0.500. The zero-order chi connectivity index (χ0) is 22.3. The smallest absolute Gasteiger partial charge is 0.223 e. The lowest BCUT2D eigenvalue weighted by Gasteiger charge is -2.28. The minimum Gasteiger partial charge on any atom is -0.370 e. The summed E-state index contributed by atoms with van der Waals surface area (Å²) in [5, 5.41) is 7.77. The number of rotatable bonds is 6. The molecule has 2 N–H and O–H groups in total. The van der Waals surface area contributed by atoms with E-state index >= 15 is 0 Å². The van der Waals surface area contributed by atoms with Crippen LogP contribution < -0.4 is 15.5 Å². The van der Waals surface area contributed by atoms with E-state index in [4.69, 9.17) is 9.98 Å². The Balaban J connectivity index is 1.45. The van der Waals surface area contributed by atoms with Gasteiger partial charge in [0.2, 0.25) is 5.96 Å². The Hall–Kier alpha value is -2.74. The van der Waals surface area contributed by atoms with Gasteiger partial charge in [0.1, 0.15) is 5.82 Å². The van der Waals surface area contributed by atoms with Crippen LogP contribution in [0.15, 0.2) is 41.0 Å². The maximum absolute atomic E-state index is 4.73. The van der Waals surface area contributed by atoms with Crippen LogP contribution in [0.1, 0.15) is 55.5 Å². The Bertz CT molecular complexity index is 965. The summed E-state index contributed by atoms with van der Waals surface area (Å²) in [4.78, 5) is 21.7. The predicted molar refractivity (Wildman–Crippen MR) is 137 cm³/mol. The van der Waals surface area contributed by atoms with Crippen LogP contribution >= 0.6 is 11.3 Å². The summed E-state index contributed by atoms with van der Waals surface area (Å²) in [6, 6.07) is 4.63. The Morgan fingerprint density at radius 2 is 1.97 bits per heavy atom. The second kappa shape index (κ2) is 10.7. The van der Waals surface area contributed by atoms with Crippen molar-refractivity contribution in [1.29, 1.82) is 0 Å². The maximum atomic E-state index is 4.73. The first-order valence-corrected chi connectivity index (χ1v) is 12.4. The van der Waals surface area contributed by atoms with Crippen LogP contribution in [0.5, 0.6) is 0 Å². The average Bonchev–Trinajstić information content (AvgIpc) is 3.47. The molecule has 2 aromatic rings. The van der Waals surface area contributed by atoms with Gasteiger partial charge in [-0.1, -0.05) is 30.8 Å². The van der Waals surface area contributed by atoms with Gasteiger partial charge in [-0.2, -0.15) is 0 Å². The molecule has 32 heavy (non-hydrogen) atoms. The van der Waals surface area contributed by atoms with Crippen LogP contribution in [0.3, 0.4) is 0 Å².